The van der Waals surface area contributed by atoms with E-state index in [-0.39, 0.29) is 11.9 Å². The maximum atomic E-state index is 13.0. The fourth-order valence-electron chi connectivity index (χ4n) is 4.08. The molecular formula is C26H28N4OS. The Balaban J connectivity index is 1.37. The van der Waals surface area contributed by atoms with Crippen LogP contribution in [0.15, 0.2) is 66.0 Å². The van der Waals surface area contributed by atoms with E-state index in [4.69, 9.17) is 5.26 Å². The van der Waals surface area contributed by atoms with Crippen LogP contribution in [0.1, 0.15) is 34.0 Å². The summed E-state index contributed by atoms with van der Waals surface area (Å²) >= 11 is 1.67. The normalized spacial score (nSPS) is 15.6. The lowest BCUT2D eigenvalue weighted by Gasteiger charge is -2.24. The Labute approximate surface area is 193 Å². The highest BCUT2D eigenvalue weighted by atomic mass is 32.1. The summed E-state index contributed by atoms with van der Waals surface area (Å²) in [4.78, 5) is 18.7. The largest absolute Gasteiger partial charge is 0.370 e. The Morgan fingerprint density at radius 2 is 1.84 bits per heavy atom. The van der Waals surface area contributed by atoms with E-state index in [1.54, 1.807) is 11.3 Å². The topological polar surface area (TPSA) is 59.4 Å². The van der Waals surface area contributed by atoms with Gasteiger partial charge in [-0.05, 0) is 54.6 Å². The van der Waals surface area contributed by atoms with Crippen molar-refractivity contribution in [1.82, 2.24) is 10.2 Å². The lowest BCUT2D eigenvalue weighted by molar-refractivity contribution is -0.122. The van der Waals surface area contributed by atoms with Crippen molar-refractivity contribution in [3.05, 3.63) is 87.6 Å². The predicted octanol–water partition coefficient (Wildman–Crippen LogP) is 4.35. The van der Waals surface area contributed by atoms with E-state index in [9.17, 15) is 4.79 Å². The number of carbonyl (C=O) groups excluding carboxylic acids is 1. The SMILES string of the molecule is Cc1ccc(C(NC(=O)CN2CCCN(c3ccc(C#N)cc3)CC2)c2cccs2)cc1. The predicted molar refractivity (Wildman–Crippen MR) is 130 cm³/mol. The molecule has 1 aliphatic rings. The standard InChI is InChI=1S/C26H28N4OS/c1-20-5-9-22(10-6-20)26(24-4-2-17-32-24)28-25(31)19-29-13-3-14-30(16-15-29)23-11-7-21(18-27)8-12-23/h2,4-12,17,26H,3,13-16,19H2,1H3,(H,28,31). The first kappa shape index (κ1) is 22.1. The fraction of sp³-hybridized carbons (Fsp3) is 0.308. The van der Waals surface area contributed by atoms with E-state index in [2.05, 4.69) is 63.8 Å². The Kier molecular flexibility index (Phi) is 7.21. The Morgan fingerprint density at radius 3 is 2.53 bits per heavy atom. The van der Waals surface area contributed by atoms with Gasteiger partial charge >= 0.3 is 0 Å². The average Bonchev–Trinajstić information content (AvgIpc) is 3.25. The van der Waals surface area contributed by atoms with Gasteiger partial charge in [-0.2, -0.15) is 5.26 Å². The molecule has 164 valence electrons. The van der Waals surface area contributed by atoms with E-state index < -0.39 is 0 Å². The van der Waals surface area contributed by atoms with Crippen LogP contribution in [0.2, 0.25) is 0 Å². The third kappa shape index (κ3) is 5.56. The highest BCUT2D eigenvalue weighted by Gasteiger charge is 2.21. The van der Waals surface area contributed by atoms with Crippen molar-refractivity contribution >= 4 is 22.9 Å². The quantitative estimate of drug-likeness (QED) is 0.614. The summed E-state index contributed by atoms with van der Waals surface area (Å²) in [7, 11) is 0. The smallest absolute Gasteiger partial charge is 0.234 e. The van der Waals surface area contributed by atoms with Crippen LogP contribution >= 0.6 is 11.3 Å². The highest BCUT2D eigenvalue weighted by Crippen LogP contribution is 2.26. The van der Waals surface area contributed by atoms with Gasteiger partial charge in [0.15, 0.2) is 0 Å². The number of hydrogen-bond donors (Lipinski definition) is 1. The maximum absolute atomic E-state index is 13.0. The monoisotopic (exact) mass is 444 g/mol. The minimum absolute atomic E-state index is 0.0517. The Bertz CT molecular complexity index is 1050. The molecule has 1 amide bonds. The van der Waals surface area contributed by atoms with Gasteiger partial charge in [-0.25, -0.2) is 0 Å². The molecule has 5 nitrogen and oxygen atoms in total. The van der Waals surface area contributed by atoms with Crippen molar-refractivity contribution in [3.8, 4) is 6.07 Å². The lowest BCUT2D eigenvalue weighted by atomic mass is 10.0. The zero-order valence-corrected chi connectivity index (χ0v) is 19.1. The van der Waals surface area contributed by atoms with Crippen LogP contribution in [0.4, 0.5) is 5.69 Å². The van der Waals surface area contributed by atoms with Crippen LogP contribution in [-0.2, 0) is 4.79 Å². The van der Waals surface area contributed by atoms with Crippen LogP contribution in [0.3, 0.4) is 0 Å². The van der Waals surface area contributed by atoms with Gasteiger partial charge in [0, 0.05) is 36.7 Å². The number of nitriles is 1. The third-order valence-corrected chi connectivity index (χ3v) is 6.80. The third-order valence-electron chi connectivity index (χ3n) is 5.86. The summed E-state index contributed by atoms with van der Waals surface area (Å²) in [5.41, 5.74) is 4.12. The molecule has 1 fully saturated rings. The van der Waals surface area contributed by atoms with Crippen molar-refractivity contribution in [2.45, 2.75) is 19.4 Å². The molecule has 2 aromatic carbocycles. The number of rotatable bonds is 6. The zero-order valence-electron chi connectivity index (χ0n) is 18.3. The summed E-state index contributed by atoms with van der Waals surface area (Å²) in [5.74, 6) is 0.0517. The molecule has 0 saturated carbocycles. The van der Waals surface area contributed by atoms with Crippen molar-refractivity contribution in [3.63, 3.8) is 0 Å². The van der Waals surface area contributed by atoms with E-state index in [0.29, 0.717) is 12.1 Å². The first-order chi connectivity index (χ1) is 15.6. The zero-order chi connectivity index (χ0) is 22.3. The number of aryl methyl sites for hydroxylation is 1. The molecule has 3 aromatic rings. The Hall–Kier alpha value is -3.14. The van der Waals surface area contributed by atoms with Gasteiger partial charge in [0.2, 0.25) is 5.91 Å². The van der Waals surface area contributed by atoms with E-state index in [1.807, 2.05) is 30.3 Å². The number of hydrogen-bond acceptors (Lipinski definition) is 5. The fourth-order valence-corrected chi connectivity index (χ4v) is 4.88. The van der Waals surface area contributed by atoms with Gasteiger partial charge in [0.25, 0.3) is 0 Å². The van der Waals surface area contributed by atoms with Gasteiger partial charge < -0.3 is 10.2 Å². The second-order valence-electron chi connectivity index (χ2n) is 8.20. The summed E-state index contributed by atoms with van der Waals surface area (Å²) in [6.45, 7) is 6.02. The van der Waals surface area contributed by atoms with Crippen LogP contribution < -0.4 is 10.2 Å². The molecule has 1 saturated heterocycles. The van der Waals surface area contributed by atoms with E-state index >= 15 is 0 Å². The minimum Gasteiger partial charge on any atom is -0.370 e. The summed E-state index contributed by atoms with van der Waals surface area (Å²) in [6, 6.07) is 22.3. The lowest BCUT2D eigenvalue weighted by Crippen LogP contribution is -2.40. The molecule has 0 spiro atoms. The average molecular weight is 445 g/mol. The van der Waals surface area contributed by atoms with E-state index in [0.717, 1.165) is 48.7 Å². The molecule has 1 unspecified atom stereocenters. The molecule has 1 atom stereocenters. The number of benzene rings is 2. The molecule has 0 bridgehead atoms. The molecule has 6 heteroatoms. The van der Waals surface area contributed by atoms with Gasteiger partial charge in [-0.1, -0.05) is 35.9 Å². The molecule has 1 aromatic heterocycles. The van der Waals surface area contributed by atoms with E-state index in [1.165, 1.54) is 5.56 Å². The second-order valence-corrected chi connectivity index (χ2v) is 9.18. The number of nitrogens with one attached hydrogen (secondary N) is 1. The summed E-state index contributed by atoms with van der Waals surface area (Å²) in [6.07, 6.45) is 1.000. The van der Waals surface area contributed by atoms with Gasteiger partial charge in [-0.15, -0.1) is 11.3 Å². The molecule has 0 radical (unpaired) electrons. The molecular weight excluding hydrogens is 416 g/mol. The first-order valence-electron chi connectivity index (χ1n) is 11.0. The Morgan fingerprint density at radius 1 is 1.06 bits per heavy atom. The minimum atomic E-state index is -0.120. The van der Waals surface area contributed by atoms with Crippen molar-refractivity contribution in [2.75, 3.05) is 37.6 Å². The molecule has 32 heavy (non-hydrogen) atoms. The van der Waals surface area contributed by atoms with Crippen LogP contribution in [-0.4, -0.2) is 43.5 Å². The molecule has 1 aliphatic heterocycles. The van der Waals surface area contributed by atoms with Crippen molar-refractivity contribution < 1.29 is 4.79 Å². The number of anilines is 1. The summed E-state index contributed by atoms with van der Waals surface area (Å²) in [5, 5.41) is 14.3. The number of thiophene rings is 1. The number of carbonyl (C=O) groups is 1. The molecule has 4 rings (SSSR count). The maximum Gasteiger partial charge on any atom is 0.234 e. The van der Waals surface area contributed by atoms with Gasteiger partial charge in [0.1, 0.15) is 0 Å². The molecule has 1 N–H and O–H groups in total. The van der Waals surface area contributed by atoms with Crippen LogP contribution in [0.25, 0.3) is 0 Å². The van der Waals surface area contributed by atoms with Crippen LogP contribution in [0, 0.1) is 18.3 Å². The van der Waals surface area contributed by atoms with Gasteiger partial charge in [-0.3, -0.25) is 9.69 Å². The number of amides is 1. The number of nitrogens with zero attached hydrogens (tertiary/aromatic N) is 3. The summed E-state index contributed by atoms with van der Waals surface area (Å²) < 4.78 is 0. The molecule has 2 heterocycles. The van der Waals surface area contributed by atoms with Crippen molar-refractivity contribution in [2.24, 2.45) is 0 Å². The highest BCUT2D eigenvalue weighted by molar-refractivity contribution is 7.10. The molecule has 0 aliphatic carbocycles. The van der Waals surface area contributed by atoms with Crippen LogP contribution in [0.5, 0.6) is 0 Å². The van der Waals surface area contributed by atoms with Gasteiger partial charge in [0.05, 0.1) is 24.2 Å². The second kappa shape index (κ2) is 10.4. The first-order valence-corrected chi connectivity index (χ1v) is 11.9. The van der Waals surface area contributed by atoms with Crippen molar-refractivity contribution in [1.29, 1.82) is 5.26 Å².